The van der Waals surface area contributed by atoms with Crippen molar-refractivity contribution in [2.45, 2.75) is 76.0 Å². The van der Waals surface area contributed by atoms with E-state index >= 15 is 0 Å². The molecule has 2 aliphatic heterocycles. The van der Waals surface area contributed by atoms with Crippen molar-refractivity contribution in [3.8, 4) is 5.75 Å². The summed E-state index contributed by atoms with van der Waals surface area (Å²) in [6, 6.07) is 6.08. The molecule has 3 fully saturated rings. The third kappa shape index (κ3) is 3.53. The second kappa shape index (κ2) is 7.56. The molecule has 1 saturated carbocycles. The van der Waals surface area contributed by atoms with E-state index in [9.17, 15) is 10.2 Å². The summed E-state index contributed by atoms with van der Waals surface area (Å²) in [7, 11) is 0. The summed E-state index contributed by atoms with van der Waals surface area (Å²) in [6.07, 6.45) is 10.2. The number of benzene rings is 1. The number of aromatic nitrogens is 2. The molecule has 1 aromatic heterocycles. The first-order valence-corrected chi connectivity index (χ1v) is 12.8. The van der Waals surface area contributed by atoms with Gasteiger partial charge in [-0.05, 0) is 92.8 Å². The van der Waals surface area contributed by atoms with Gasteiger partial charge in [-0.1, -0.05) is 13.0 Å². The van der Waals surface area contributed by atoms with Crippen LogP contribution in [-0.2, 0) is 18.4 Å². The minimum atomic E-state index is -0.756. The van der Waals surface area contributed by atoms with Crippen LogP contribution in [-0.4, -0.2) is 74.2 Å². The van der Waals surface area contributed by atoms with Crippen molar-refractivity contribution in [3.63, 3.8) is 0 Å². The summed E-state index contributed by atoms with van der Waals surface area (Å²) in [5, 5.41) is 27.5. The van der Waals surface area contributed by atoms with Crippen LogP contribution in [0, 0.1) is 12.3 Å². The molecule has 2 bridgehead atoms. The Hall–Kier alpha value is -1.89. The van der Waals surface area contributed by atoms with Crippen molar-refractivity contribution in [1.82, 2.24) is 19.6 Å². The van der Waals surface area contributed by atoms with Crippen LogP contribution in [0.25, 0.3) is 0 Å². The lowest BCUT2D eigenvalue weighted by Crippen LogP contribution is -2.71. The summed E-state index contributed by atoms with van der Waals surface area (Å²) >= 11 is 0. The predicted molar refractivity (Wildman–Crippen MR) is 128 cm³/mol. The highest BCUT2D eigenvalue weighted by Crippen LogP contribution is 2.57. The number of phenols is 1. The van der Waals surface area contributed by atoms with E-state index < -0.39 is 5.60 Å². The Balaban J connectivity index is 1.32. The molecule has 2 aliphatic carbocycles. The molecule has 6 nitrogen and oxygen atoms in total. The normalized spacial score (nSPS) is 33.2. The summed E-state index contributed by atoms with van der Waals surface area (Å²) < 4.78 is 2.03. The Morgan fingerprint density at radius 1 is 1.06 bits per heavy atom. The van der Waals surface area contributed by atoms with Crippen LogP contribution in [0.15, 0.2) is 30.6 Å². The van der Waals surface area contributed by atoms with Gasteiger partial charge in [0, 0.05) is 37.3 Å². The molecule has 3 unspecified atom stereocenters. The number of aliphatic hydroxyl groups is 1. The predicted octanol–water partition coefficient (Wildman–Crippen LogP) is 3.09. The van der Waals surface area contributed by atoms with E-state index in [-0.39, 0.29) is 11.5 Å². The van der Waals surface area contributed by atoms with Crippen molar-refractivity contribution >= 4 is 0 Å². The first kappa shape index (κ1) is 21.6. The third-order valence-corrected chi connectivity index (χ3v) is 9.43. The van der Waals surface area contributed by atoms with Crippen molar-refractivity contribution < 1.29 is 10.2 Å². The largest absolute Gasteiger partial charge is 0.508 e. The Morgan fingerprint density at radius 3 is 2.61 bits per heavy atom. The summed E-state index contributed by atoms with van der Waals surface area (Å²) in [5.41, 5.74) is 3.14. The molecule has 3 heterocycles. The zero-order chi connectivity index (χ0) is 22.8. The van der Waals surface area contributed by atoms with Crippen LogP contribution in [0.3, 0.4) is 0 Å². The molecule has 0 amide bonds. The maximum Gasteiger partial charge on any atom is 0.115 e. The van der Waals surface area contributed by atoms with Crippen LogP contribution in [0.2, 0.25) is 0 Å². The minimum Gasteiger partial charge on any atom is -0.508 e. The van der Waals surface area contributed by atoms with Gasteiger partial charge in [0.05, 0.1) is 18.3 Å². The van der Waals surface area contributed by atoms with Gasteiger partial charge in [-0.2, -0.15) is 5.10 Å². The smallest absolute Gasteiger partial charge is 0.115 e. The first-order valence-electron chi connectivity index (χ1n) is 12.8. The maximum absolute atomic E-state index is 12.6. The number of aryl methyl sites for hydroxylation is 1. The molecule has 4 aliphatic rings. The Morgan fingerprint density at radius 2 is 1.85 bits per heavy atom. The van der Waals surface area contributed by atoms with E-state index in [1.54, 1.807) is 0 Å². The van der Waals surface area contributed by atoms with E-state index in [2.05, 4.69) is 41.0 Å². The molecular weight excluding hydrogens is 412 g/mol. The van der Waals surface area contributed by atoms with Gasteiger partial charge in [-0.25, -0.2) is 0 Å². The molecule has 6 rings (SSSR count). The number of piperidine rings is 1. The van der Waals surface area contributed by atoms with Gasteiger partial charge < -0.3 is 15.1 Å². The lowest BCUT2D eigenvalue weighted by atomic mass is 9.52. The lowest BCUT2D eigenvalue weighted by Gasteiger charge is -2.62. The molecule has 1 aromatic carbocycles. The van der Waals surface area contributed by atoms with Crippen LogP contribution >= 0.6 is 0 Å². The Bertz CT molecular complexity index is 1050. The molecule has 2 aromatic rings. The average molecular weight is 451 g/mol. The minimum absolute atomic E-state index is 0.162. The lowest BCUT2D eigenvalue weighted by molar-refractivity contribution is -0.151. The highest BCUT2D eigenvalue weighted by Gasteiger charge is 2.63. The number of fused-ring (bicyclic) bond motifs is 1. The second-order valence-corrected chi connectivity index (χ2v) is 11.7. The van der Waals surface area contributed by atoms with Crippen LogP contribution < -0.4 is 0 Å². The fourth-order valence-corrected chi connectivity index (χ4v) is 7.17. The topological polar surface area (TPSA) is 64.8 Å². The average Bonchev–Trinajstić information content (AvgIpc) is 3.40. The third-order valence-electron chi connectivity index (χ3n) is 9.43. The number of aromatic hydroxyl groups is 1. The zero-order valence-corrected chi connectivity index (χ0v) is 20.1. The molecule has 2 saturated heterocycles. The molecule has 178 valence electrons. The fraction of sp³-hybridized carbons (Fsp3) is 0.667. The van der Waals surface area contributed by atoms with Gasteiger partial charge >= 0.3 is 0 Å². The highest BCUT2D eigenvalue weighted by atomic mass is 16.3. The van der Waals surface area contributed by atoms with Gasteiger partial charge in [0.1, 0.15) is 5.75 Å². The van der Waals surface area contributed by atoms with Crippen molar-refractivity contribution in [1.29, 1.82) is 0 Å². The monoisotopic (exact) mass is 450 g/mol. The van der Waals surface area contributed by atoms with E-state index in [1.165, 1.54) is 29.5 Å². The van der Waals surface area contributed by atoms with E-state index in [1.807, 2.05) is 23.0 Å². The zero-order valence-electron chi connectivity index (χ0n) is 20.1. The molecule has 3 atom stereocenters. The highest BCUT2D eigenvalue weighted by molar-refractivity contribution is 5.48. The standard InChI is InChI=1S/C27H38N4O2/c1-20-17-28-31(18-20)14-13-29-10-7-26-8-12-30(19-25(2)5-6-25)24(27(26,33)9-11-29)15-21-3-4-22(32)16-23(21)26/h3-4,16-18,24,32-33H,5-15,19H2,1-2H3. The van der Waals surface area contributed by atoms with E-state index in [0.29, 0.717) is 11.2 Å². The van der Waals surface area contributed by atoms with Gasteiger partial charge in [0.25, 0.3) is 0 Å². The number of hydrogen-bond acceptors (Lipinski definition) is 5. The molecular formula is C27H38N4O2. The van der Waals surface area contributed by atoms with Crippen molar-refractivity contribution in [2.75, 3.05) is 32.7 Å². The number of hydrogen-bond donors (Lipinski definition) is 2. The summed E-state index contributed by atoms with van der Waals surface area (Å²) in [4.78, 5) is 5.15. The Kier molecular flexibility index (Phi) is 4.95. The SMILES string of the molecule is Cc1cnn(CCN2CCC34CCN(CC5(C)CC5)C(Cc5ccc(O)cc53)C4(O)CC2)c1. The van der Waals surface area contributed by atoms with Gasteiger partial charge in [-0.3, -0.25) is 9.58 Å². The van der Waals surface area contributed by atoms with Crippen LogP contribution in [0.5, 0.6) is 5.75 Å². The fourth-order valence-electron chi connectivity index (χ4n) is 7.17. The van der Waals surface area contributed by atoms with Crippen LogP contribution in [0.4, 0.5) is 0 Å². The molecule has 0 radical (unpaired) electrons. The number of nitrogens with zero attached hydrogens (tertiary/aromatic N) is 4. The number of likely N-dealkylation sites (tertiary alicyclic amines) is 2. The van der Waals surface area contributed by atoms with Crippen LogP contribution in [0.1, 0.15) is 55.7 Å². The molecule has 0 spiro atoms. The van der Waals surface area contributed by atoms with E-state index in [4.69, 9.17) is 0 Å². The van der Waals surface area contributed by atoms with Gasteiger partial charge in [-0.15, -0.1) is 0 Å². The van der Waals surface area contributed by atoms with Gasteiger partial charge in [0.2, 0.25) is 0 Å². The summed E-state index contributed by atoms with van der Waals surface area (Å²) in [5.74, 6) is 0.326. The number of phenolic OH excluding ortho intramolecular Hbond substituents is 1. The second-order valence-electron chi connectivity index (χ2n) is 11.7. The molecule has 6 heteroatoms. The maximum atomic E-state index is 12.6. The van der Waals surface area contributed by atoms with Crippen molar-refractivity contribution in [2.24, 2.45) is 5.41 Å². The van der Waals surface area contributed by atoms with Gasteiger partial charge in [0.15, 0.2) is 0 Å². The van der Waals surface area contributed by atoms with Crippen molar-refractivity contribution in [3.05, 3.63) is 47.3 Å². The number of rotatable bonds is 5. The molecule has 2 N–H and O–H groups in total. The quantitative estimate of drug-likeness (QED) is 0.733. The Labute approximate surface area is 197 Å². The van der Waals surface area contributed by atoms with E-state index in [0.717, 1.165) is 65.0 Å². The molecule has 33 heavy (non-hydrogen) atoms. The summed E-state index contributed by atoms with van der Waals surface area (Å²) in [6.45, 7) is 10.3. The first-order chi connectivity index (χ1) is 15.8.